The summed E-state index contributed by atoms with van der Waals surface area (Å²) in [7, 11) is 0. The van der Waals surface area contributed by atoms with Crippen LogP contribution in [0, 0.1) is 5.82 Å². The summed E-state index contributed by atoms with van der Waals surface area (Å²) in [6.45, 7) is 4.16. The van der Waals surface area contributed by atoms with Crippen LogP contribution >= 0.6 is 0 Å². The molecule has 0 fully saturated rings. The van der Waals surface area contributed by atoms with Crippen LogP contribution in [0.5, 0.6) is 0 Å². The van der Waals surface area contributed by atoms with E-state index in [1.807, 2.05) is 36.4 Å². The van der Waals surface area contributed by atoms with E-state index >= 15 is 0 Å². The van der Waals surface area contributed by atoms with Gasteiger partial charge >= 0.3 is 0 Å². The van der Waals surface area contributed by atoms with Crippen molar-refractivity contribution < 1.29 is 9.18 Å². The molecule has 3 heteroatoms. The SMILES string of the molecule is C=CCN(C(=O)CC=Cc1ccc(F)cc1)c1ccccc1. The molecule has 1 amide bonds. The summed E-state index contributed by atoms with van der Waals surface area (Å²) in [6, 6.07) is 15.6. The molecule has 0 spiro atoms. The Labute approximate surface area is 130 Å². The first-order valence-corrected chi connectivity index (χ1v) is 7.09. The van der Waals surface area contributed by atoms with Gasteiger partial charge in [0.1, 0.15) is 5.82 Å². The van der Waals surface area contributed by atoms with Gasteiger partial charge in [-0.3, -0.25) is 4.79 Å². The highest BCUT2D eigenvalue weighted by Crippen LogP contribution is 2.15. The van der Waals surface area contributed by atoms with Crippen LogP contribution < -0.4 is 4.90 Å². The third kappa shape index (κ3) is 4.42. The van der Waals surface area contributed by atoms with E-state index in [1.165, 1.54) is 12.1 Å². The Balaban J connectivity index is 2.02. The first kappa shape index (κ1) is 15.7. The minimum atomic E-state index is -0.269. The van der Waals surface area contributed by atoms with Crippen molar-refractivity contribution in [1.29, 1.82) is 0 Å². The van der Waals surface area contributed by atoms with Gasteiger partial charge in [-0.1, -0.05) is 48.6 Å². The Kier molecular flexibility index (Phi) is 5.66. The maximum atomic E-state index is 12.8. The summed E-state index contributed by atoms with van der Waals surface area (Å²) in [5.74, 6) is -0.279. The van der Waals surface area contributed by atoms with Gasteiger partial charge in [-0.2, -0.15) is 0 Å². The minimum absolute atomic E-state index is 0.00976. The Morgan fingerprint density at radius 3 is 2.41 bits per heavy atom. The maximum absolute atomic E-state index is 12.8. The van der Waals surface area contributed by atoms with Crippen LogP contribution in [0.25, 0.3) is 6.08 Å². The standard InChI is InChI=1S/C19H18FNO/c1-2-15-21(18-8-4-3-5-9-18)19(22)10-6-7-16-11-13-17(20)14-12-16/h2-9,11-14H,1,10,15H2. The van der Waals surface area contributed by atoms with Crippen molar-refractivity contribution in [3.8, 4) is 0 Å². The number of para-hydroxylation sites is 1. The predicted octanol–water partition coefficient (Wildman–Crippen LogP) is 4.45. The molecular formula is C19H18FNO. The molecule has 0 aliphatic rings. The average Bonchev–Trinajstić information content (AvgIpc) is 2.55. The molecule has 0 saturated heterocycles. The van der Waals surface area contributed by atoms with Crippen LogP contribution in [0.2, 0.25) is 0 Å². The summed E-state index contributed by atoms with van der Waals surface area (Å²) in [5.41, 5.74) is 1.71. The van der Waals surface area contributed by atoms with Crippen molar-refractivity contribution in [2.75, 3.05) is 11.4 Å². The summed E-state index contributed by atoms with van der Waals surface area (Å²) in [5, 5.41) is 0. The van der Waals surface area contributed by atoms with Crippen LogP contribution in [0.15, 0.2) is 73.3 Å². The molecule has 2 aromatic rings. The Bertz CT molecular complexity index is 647. The van der Waals surface area contributed by atoms with E-state index in [-0.39, 0.29) is 18.1 Å². The average molecular weight is 295 g/mol. The van der Waals surface area contributed by atoms with E-state index in [0.29, 0.717) is 6.54 Å². The second kappa shape index (κ2) is 7.93. The van der Waals surface area contributed by atoms with Gasteiger partial charge in [0.15, 0.2) is 0 Å². The lowest BCUT2D eigenvalue weighted by Crippen LogP contribution is -2.30. The van der Waals surface area contributed by atoms with E-state index in [1.54, 1.807) is 29.2 Å². The number of benzene rings is 2. The van der Waals surface area contributed by atoms with Crippen LogP contribution in [0.1, 0.15) is 12.0 Å². The quantitative estimate of drug-likeness (QED) is 0.721. The smallest absolute Gasteiger partial charge is 0.231 e. The molecular weight excluding hydrogens is 277 g/mol. The number of hydrogen-bond donors (Lipinski definition) is 0. The molecule has 0 aromatic heterocycles. The largest absolute Gasteiger partial charge is 0.308 e. The fourth-order valence-electron chi connectivity index (χ4n) is 2.07. The first-order valence-electron chi connectivity index (χ1n) is 7.09. The van der Waals surface area contributed by atoms with Crippen molar-refractivity contribution in [3.63, 3.8) is 0 Å². The van der Waals surface area contributed by atoms with Gasteiger partial charge in [-0.15, -0.1) is 6.58 Å². The zero-order valence-corrected chi connectivity index (χ0v) is 12.3. The van der Waals surface area contributed by atoms with Gasteiger partial charge in [-0.25, -0.2) is 4.39 Å². The Morgan fingerprint density at radius 1 is 1.09 bits per heavy atom. The van der Waals surface area contributed by atoms with Crippen molar-refractivity contribution >= 4 is 17.7 Å². The van der Waals surface area contributed by atoms with Crippen molar-refractivity contribution in [3.05, 3.63) is 84.7 Å². The zero-order valence-electron chi connectivity index (χ0n) is 12.3. The monoisotopic (exact) mass is 295 g/mol. The highest BCUT2D eigenvalue weighted by Gasteiger charge is 2.12. The second-order valence-electron chi connectivity index (χ2n) is 4.79. The molecule has 0 radical (unpaired) electrons. The lowest BCUT2D eigenvalue weighted by atomic mass is 10.2. The predicted molar refractivity (Wildman–Crippen MR) is 89.0 cm³/mol. The summed E-state index contributed by atoms with van der Waals surface area (Å²) in [4.78, 5) is 14.0. The molecule has 112 valence electrons. The van der Waals surface area contributed by atoms with Crippen LogP contribution in [-0.2, 0) is 4.79 Å². The number of amides is 1. The second-order valence-corrected chi connectivity index (χ2v) is 4.79. The van der Waals surface area contributed by atoms with E-state index in [9.17, 15) is 9.18 Å². The third-order valence-corrected chi connectivity index (χ3v) is 3.15. The molecule has 0 saturated carbocycles. The molecule has 0 bridgehead atoms. The van der Waals surface area contributed by atoms with Crippen molar-refractivity contribution in [2.45, 2.75) is 6.42 Å². The molecule has 2 rings (SSSR count). The van der Waals surface area contributed by atoms with Crippen molar-refractivity contribution in [1.82, 2.24) is 0 Å². The molecule has 0 aliphatic carbocycles. The lowest BCUT2D eigenvalue weighted by Gasteiger charge is -2.20. The highest BCUT2D eigenvalue weighted by atomic mass is 19.1. The van der Waals surface area contributed by atoms with Crippen LogP contribution in [-0.4, -0.2) is 12.5 Å². The van der Waals surface area contributed by atoms with Crippen molar-refractivity contribution in [2.24, 2.45) is 0 Å². The number of carbonyl (C=O) groups excluding carboxylic acids is 1. The topological polar surface area (TPSA) is 20.3 Å². The first-order chi connectivity index (χ1) is 10.7. The molecule has 0 aliphatic heterocycles. The molecule has 2 nitrogen and oxygen atoms in total. The molecule has 0 unspecified atom stereocenters. The number of hydrogen-bond acceptors (Lipinski definition) is 1. The molecule has 0 atom stereocenters. The Morgan fingerprint density at radius 2 is 1.77 bits per heavy atom. The Hall–Kier alpha value is -2.68. The van der Waals surface area contributed by atoms with Gasteiger partial charge in [-0.05, 0) is 29.8 Å². The zero-order chi connectivity index (χ0) is 15.8. The summed E-state index contributed by atoms with van der Waals surface area (Å²) < 4.78 is 12.8. The number of halogens is 1. The van der Waals surface area contributed by atoms with Gasteiger partial charge in [0.2, 0.25) is 5.91 Å². The van der Waals surface area contributed by atoms with E-state index in [4.69, 9.17) is 0 Å². The number of rotatable bonds is 6. The fraction of sp³-hybridized carbons (Fsp3) is 0.105. The van der Waals surface area contributed by atoms with Crippen LogP contribution in [0.3, 0.4) is 0 Å². The van der Waals surface area contributed by atoms with Gasteiger partial charge in [0, 0.05) is 18.7 Å². The van der Waals surface area contributed by atoms with Gasteiger partial charge in [0.05, 0.1) is 0 Å². The molecule has 0 heterocycles. The number of anilines is 1. The van der Waals surface area contributed by atoms with E-state index < -0.39 is 0 Å². The fourth-order valence-corrected chi connectivity index (χ4v) is 2.07. The minimum Gasteiger partial charge on any atom is -0.308 e. The van der Waals surface area contributed by atoms with Gasteiger partial charge in [0.25, 0.3) is 0 Å². The van der Waals surface area contributed by atoms with E-state index in [2.05, 4.69) is 6.58 Å². The molecule has 2 aromatic carbocycles. The maximum Gasteiger partial charge on any atom is 0.231 e. The number of nitrogens with zero attached hydrogens (tertiary/aromatic N) is 1. The molecule has 22 heavy (non-hydrogen) atoms. The normalized spacial score (nSPS) is 10.6. The highest BCUT2D eigenvalue weighted by molar-refractivity contribution is 5.94. The lowest BCUT2D eigenvalue weighted by molar-refractivity contribution is -0.117. The number of carbonyl (C=O) groups is 1. The third-order valence-electron chi connectivity index (χ3n) is 3.15. The van der Waals surface area contributed by atoms with Crippen LogP contribution in [0.4, 0.5) is 10.1 Å². The molecule has 0 N–H and O–H groups in total. The summed E-state index contributed by atoms with van der Waals surface area (Å²) in [6.07, 6.45) is 5.58. The van der Waals surface area contributed by atoms with E-state index in [0.717, 1.165) is 11.3 Å². The summed E-state index contributed by atoms with van der Waals surface area (Å²) >= 11 is 0. The van der Waals surface area contributed by atoms with Gasteiger partial charge < -0.3 is 4.90 Å².